The number of hydrogen-bond donors (Lipinski definition) is 0. The largest absolute Gasteiger partial charge is 0.489 e. The summed E-state index contributed by atoms with van der Waals surface area (Å²) in [7, 11) is 0. The van der Waals surface area contributed by atoms with E-state index in [2.05, 4.69) is 4.99 Å². The van der Waals surface area contributed by atoms with Crippen molar-refractivity contribution in [3.05, 3.63) is 70.4 Å². The number of hydrogen-bond acceptors (Lipinski definition) is 4. The molecule has 0 bridgehead atoms. The molecule has 4 rings (SSSR count). The van der Waals surface area contributed by atoms with Crippen LogP contribution in [0.5, 0.6) is 5.75 Å². The van der Waals surface area contributed by atoms with Crippen LogP contribution in [0, 0.1) is 0 Å². The zero-order chi connectivity index (χ0) is 17.9. The number of aliphatic imine (C=N–C) groups is 1. The molecular weight excluding hydrogens is 368 g/mol. The van der Waals surface area contributed by atoms with E-state index in [9.17, 15) is 4.79 Å². The fourth-order valence-electron chi connectivity index (χ4n) is 2.82. The number of carbonyl (C=O) groups excluding carboxylic acids is 1. The molecule has 2 aliphatic rings. The van der Waals surface area contributed by atoms with Crippen molar-refractivity contribution in [2.24, 2.45) is 4.99 Å². The van der Waals surface area contributed by atoms with Gasteiger partial charge in [-0.05, 0) is 47.9 Å². The standard InChI is InChI=1S/C20H17ClN2O2S/c21-16-7-5-14(6-8-16)13-25-17-4-1-3-15(11-17)12-18-19(24)23-9-2-10-26-20(23)22-18/h1,3-8,11-12H,2,9-10,13H2/b18-12-. The number of nitrogens with zero attached hydrogens (tertiary/aromatic N) is 2. The number of carbonyl (C=O) groups is 1. The molecule has 1 saturated heterocycles. The van der Waals surface area contributed by atoms with Crippen molar-refractivity contribution in [2.45, 2.75) is 13.0 Å². The molecule has 0 radical (unpaired) electrons. The maximum Gasteiger partial charge on any atom is 0.278 e. The summed E-state index contributed by atoms with van der Waals surface area (Å²) >= 11 is 7.54. The van der Waals surface area contributed by atoms with Gasteiger partial charge in [0.25, 0.3) is 5.91 Å². The van der Waals surface area contributed by atoms with Crippen molar-refractivity contribution in [1.29, 1.82) is 0 Å². The highest BCUT2D eigenvalue weighted by Gasteiger charge is 2.32. The van der Waals surface area contributed by atoms with Gasteiger partial charge in [0.15, 0.2) is 5.17 Å². The molecule has 0 saturated carbocycles. The molecule has 1 fully saturated rings. The van der Waals surface area contributed by atoms with E-state index in [1.54, 1.807) is 16.7 Å². The second kappa shape index (κ2) is 7.56. The average Bonchev–Trinajstić information content (AvgIpc) is 2.98. The molecule has 2 aliphatic heterocycles. The molecule has 0 spiro atoms. The Hall–Kier alpha value is -2.24. The number of rotatable bonds is 4. The van der Waals surface area contributed by atoms with Crippen LogP contribution in [0.2, 0.25) is 5.02 Å². The highest BCUT2D eigenvalue weighted by Crippen LogP contribution is 2.28. The molecule has 1 amide bonds. The summed E-state index contributed by atoms with van der Waals surface area (Å²) in [6.07, 6.45) is 2.83. The summed E-state index contributed by atoms with van der Waals surface area (Å²) in [5.41, 5.74) is 2.44. The fourth-order valence-corrected chi connectivity index (χ4v) is 3.90. The second-order valence-electron chi connectivity index (χ2n) is 6.07. The first-order chi connectivity index (χ1) is 12.7. The molecule has 2 aromatic carbocycles. The van der Waals surface area contributed by atoms with Crippen molar-refractivity contribution in [3.63, 3.8) is 0 Å². The third-order valence-electron chi connectivity index (χ3n) is 4.15. The minimum absolute atomic E-state index is 0.0142. The molecule has 6 heteroatoms. The van der Waals surface area contributed by atoms with Crippen molar-refractivity contribution in [1.82, 2.24) is 4.90 Å². The summed E-state index contributed by atoms with van der Waals surface area (Å²) in [6.45, 7) is 1.22. The molecule has 132 valence electrons. The van der Waals surface area contributed by atoms with Crippen LogP contribution in [-0.2, 0) is 11.4 Å². The Morgan fingerprint density at radius 1 is 1.23 bits per heavy atom. The number of fused-ring (bicyclic) bond motifs is 1. The zero-order valence-corrected chi connectivity index (χ0v) is 15.6. The van der Waals surface area contributed by atoms with Gasteiger partial charge in [-0.2, -0.15) is 0 Å². The molecule has 2 aromatic rings. The first-order valence-electron chi connectivity index (χ1n) is 8.41. The summed E-state index contributed by atoms with van der Waals surface area (Å²) in [4.78, 5) is 18.7. The van der Waals surface area contributed by atoms with Gasteiger partial charge in [0.1, 0.15) is 18.1 Å². The van der Waals surface area contributed by atoms with E-state index in [0.29, 0.717) is 17.3 Å². The number of amides is 1. The third kappa shape index (κ3) is 3.79. The van der Waals surface area contributed by atoms with Gasteiger partial charge in [0.05, 0.1) is 0 Å². The van der Waals surface area contributed by atoms with E-state index in [4.69, 9.17) is 16.3 Å². The molecule has 0 unspecified atom stereocenters. The monoisotopic (exact) mass is 384 g/mol. The first-order valence-corrected chi connectivity index (χ1v) is 9.78. The summed E-state index contributed by atoms with van der Waals surface area (Å²) in [5.74, 6) is 1.75. The Kier molecular flexibility index (Phi) is 5.00. The number of halogens is 1. The third-order valence-corrected chi connectivity index (χ3v) is 5.46. The summed E-state index contributed by atoms with van der Waals surface area (Å²) in [5, 5.41) is 1.53. The lowest BCUT2D eigenvalue weighted by Crippen LogP contribution is -2.34. The maximum atomic E-state index is 12.5. The Bertz CT molecular complexity index is 893. The smallest absolute Gasteiger partial charge is 0.278 e. The van der Waals surface area contributed by atoms with Crippen LogP contribution < -0.4 is 4.74 Å². The van der Waals surface area contributed by atoms with Gasteiger partial charge < -0.3 is 4.74 Å². The first kappa shape index (κ1) is 17.2. The molecule has 0 aromatic heterocycles. The normalized spacial score (nSPS) is 18.0. The van der Waals surface area contributed by atoms with Crippen molar-refractivity contribution < 1.29 is 9.53 Å². The van der Waals surface area contributed by atoms with Crippen LogP contribution >= 0.6 is 23.4 Å². The molecular formula is C20H17ClN2O2S. The molecule has 0 N–H and O–H groups in total. The van der Waals surface area contributed by atoms with Gasteiger partial charge >= 0.3 is 0 Å². The molecule has 26 heavy (non-hydrogen) atoms. The second-order valence-corrected chi connectivity index (χ2v) is 7.57. The van der Waals surface area contributed by atoms with Crippen molar-refractivity contribution in [3.8, 4) is 5.75 Å². The van der Waals surface area contributed by atoms with Gasteiger partial charge in [-0.3, -0.25) is 9.69 Å². The molecule has 2 heterocycles. The lowest BCUT2D eigenvalue weighted by atomic mass is 10.1. The summed E-state index contributed by atoms with van der Waals surface area (Å²) in [6, 6.07) is 15.3. The van der Waals surface area contributed by atoms with Gasteiger partial charge in [-0.1, -0.05) is 47.6 Å². The number of thioether (sulfide) groups is 1. The van der Waals surface area contributed by atoms with Crippen molar-refractivity contribution in [2.75, 3.05) is 12.3 Å². The van der Waals surface area contributed by atoms with E-state index < -0.39 is 0 Å². The fraction of sp³-hybridized carbons (Fsp3) is 0.200. The van der Waals surface area contributed by atoms with E-state index in [1.165, 1.54) is 0 Å². The summed E-state index contributed by atoms with van der Waals surface area (Å²) < 4.78 is 5.85. The van der Waals surface area contributed by atoms with Crippen LogP contribution in [0.1, 0.15) is 17.5 Å². The van der Waals surface area contributed by atoms with E-state index in [0.717, 1.165) is 40.8 Å². The predicted octanol–water partition coefficient (Wildman–Crippen LogP) is 4.60. The number of amidine groups is 1. The Balaban J connectivity index is 1.48. The zero-order valence-electron chi connectivity index (χ0n) is 14.0. The van der Waals surface area contributed by atoms with Gasteiger partial charge in [0.2, 0.25) is 0 Å². The highest BCUT2D eigenvalue weighted by atomic mass is 35.5. The van der Waals surface area contributed by atoms with Gasteiger partial charge in [0, 0.05) is 17.3 Å². The van der Waals surface area contributed by atoms with Crippen molar-refractivity contribution >= 4 is 40.5 Å². The maximum absolute atomic E-state index is 12.5. The lowest BCUT2D eigenvalue weighted by Gasteiger charge is -2.21. The Morgan fingerprint density at radius 2 is 2.08 bits per heavy atom. The van der Waals surface area contributed by atoms with Gasteiger partial charge in [-0.25, -0.2) is 4.99 Å². The SMILES string of the molecule is O=C1/C(=C/c2cccc(OCc3ccc(Cl)cc3)c2)N=C2SCCCN12. The van der Waals surface area contributed by atoms with E-state index in [-0.39, 0.29) is 5.91 Å². The minimum Gasteiger partial charge on any atom is -0.489 e. The topological polar surface area (TPSA) is 41.9 Å². The minimum atomic E-state index is -0.0142. The van der Waals surface area contributed by atoms with Crippen LogP contribution in [0.3, 0.4) is 0 Å². The molecule has 0 aliphatic carbocycles. The predicted molar refractivity (Wildman–Crippen MR) is 106 cm³/mol. The molecule has 4 nitrogen and oxygen atoms in total. The number of ether oxygens (including phenoxy) is 1. The Morgan fingerprint density at radius 3 is 2.88 bits per heavy atom. The molecule has 0 atom stereocenters. The van der Waals surface area contributed by atoms with Crippen LogP contribution in [0.25, 0.3) is 6.08 Å². The quantitative estimate of drug-likeness (QED) is 0.724. The van der Waals surface area contributed by atoms with E-state index >= 15 is 0 Å². The average molecular weight is 385 g/mol. The lowest BCUT2D eigenvalue weighted by molar-refractivity contribution is -0.122. The van der Waals surface area contributed by atoms with Crippen LogP contribution in [0.4, 0.5) is 0 Å². The van der Waals surface area contributed by atoms with Crippen LogP contribution in [0.15, 0.2) is 59.2 Å². The Labute approximate surface area is 161 Å². The number of benzene rings is 2. The van der Waals surface area contributed by atoms with E-state index in [1.807, 2.05) is 54.6 Å². The highest BCUT2D eigenvalue weighted by molar-refractivity contribution is 8.13. The van der Waals surface area contributed by atoms with Crippen LogP contribution in [-0.4, -0.2) is 28.3 Å². The van der Waals surface area contributed by atoms with Gasteiger partial charge in [-0.15, -0.1) is 0 Å².